The average Bonchev–Trinajstić information content (AvgIpc) is 2.93. The van der Waals surface area contributed by atoms with Crippen LogP contribution in [-0.4, -0.2) is 44.7 Å². The van der Waals surface area contributed by atoms with E-state index in [2.05, 4.69) is 4.72 Å². The van der Waals surface area contributed by atoms with Crippen LogP contribution in [0.25, 0.3) is 11.1 Å². The lowest BCUT2D eigenvalue weighted by Crippen LogP contribution is -2.26. The molecule has 0 aromatic heterocycles. The Morgan fingerprint density at radius 3 is 2.62 bits per heavy atom. The minimum atomic E-state index is -3.34. The molecule has 0 atom stereocenters. The minimum Gasteiger partial charge on any atom is -0.379 e. The fraction of sp³-hybridized carbons (Fsp3) is 0.409. The van der Waals surface area contributed by atoms with Gasteiger partial charge in [0.05, 0.1) is 12.4 Å². The quantitative estimate of drug-likeness (QED) is 0.664. The second-order valence-electron chi connectivity index (χ2n) is 7.78. The van der Waals surface area contributed by atoms with Gasteiger partial charge >= 0.3 is 0 Å². The van der Waals surface area contributed by atoms with E-state index in [1.54, 1.807) is 12.1 Å². The number of nitrogens with one attached hydrogen (secondary N) is 1. The number of amides is 1. The van der Waals surface area contributed by atoms with Crippen molar-refractivity contribution in [2.45, 2.75) is 39.8 Å². The molecule has 7 heteroatoms. The summed E-state index contributed by atoms with van der Waals surface area (Å²) in [6.07, 6.45) is 2.13. The molecule has 0 radical (unpaired) electrons. The van der Waals surface area contributed by atoms with Gasteiger partial charge in [0.25, 0.3) is 5.91 Å². The van der Waals surface area contributed by atoms with E-state index < -0.39 is 10.0 Å². The summed E-state index contributed by atoms with van der Waals surface area (Å²) < 4.78 is 31.1. The van der Waals surface area contributed by atoms with Gasteiger partial charge in [-0.15, -0.1) is 0 Å². The van der Waals surface area contributed by atoms with E-state index in [1.165, 1.54) is 0 Å². The fourth-order valence-electron chi connectivity index (χ4n) is 3.62. The van der Waals surface area contributed by atoms with E-state index in [9.17, 15) is 13.2 Å². The highest BCUT2D eigenvalue weighted by Gasteiger charge is 2.29. The number of aryl methyl sites for hydroxylation is 1. The molecule has 1 N–H and O–H groups in total. The van der Waals surface area contributed by atoms with Gasteiger partial charge < -0.3 is 9.64 Å². The number of carbonyl (C=O) groups is 1. The Bertz CT molecular complexity index is 1020. The molecule has 29 heavy (non-hydrogen) atoms. The lowest BCUT2D eigenvalue weighted by molar-refractivity contribution is 0.0629. The number of benzene rings is 2. The highest BCUT2D eigenvalue weighted by atomic mass is 32.2. The van der Waals surface area contributed by atoms with Crippen molar-refractivity contribution >= 4 is 21.6 Å². The van der Waals surface area contributed by atoms with Gasteiger partial charge in [0.15, 0.2) is 0 Å². The first kappa shape index (κ1) is 21.3. The van der Waals surface area contributed by atoms with Gasteiger partial charge in [-0.05, 0) is 67.6 Å². The Labute approximate surface area is 172 Å². The van der Waals surface area contributed by atoms with E-state index in [0.717, 1.165) is 40.5 Å². The number of carbonyl (C=O) groups excluding carboxylic acids is 1. The predicted octanol–water partition coefficient (Wildman–Crippen LogP) is 3.80. The largest absolute Gasteiger partial charge is 0.379 e. The molecule has 6 nitrogen and oxygen atoms in total. The molecule has 0 aliphatic carbocycles. The summed E-state index contributed by atoms with van der Waals surface area (Å²) in [5.74, 6) is 0.0705. The molecule has 1 aliphatic rings. The Morgan fingerprint density at radius 2 is 1.93 bits per heavy atom. The molecule has 2 aromatic rings. The van der Waals surface area contributed by atoms with Crippen LogP contribution in [0.15, 0.2) is 36.4 Å². The van der Waals surface area contributed by atoms with Gasteiger partial charge in [-0.2, -0.15) is 0 Å². The Hall–Kier alpha value is -2.38. The monoisotopic (exact) mass is 416 g/mol. The van der Waals surface area contributed by atoms with E-state index in [4.69, 9.17) is 4.74 Å². The summed E-state index contributed by atoms with van der Waals surface area (Å²) in [4.78, 5) is 14.7. The predicted molar refractivity (Wildman–Crippen MR) is 116 cm³/mol. The van der Waals surface area contributed by atoms with Crippen LogP contribution in [0.1, 0.15) is 41.8 Å². The first-order valence-electron chi connectivity index (χ1n) is 9.76. The molecule has 156 valence electrons. The lowest BCUT2D eigenvalue weighted by Gasteiger charge is -2.16. The molecule has 1 heterocycles. The summed E-state index contributed by atoms with van der Waals surface area (Å²) in [6.45, 7) is 7.85. The molecule has 0 saturated carbocycles. The number of ether oxygens (including phenoxy) is 1. The molecule has 2 aromatic carbocycles. The van der Waals surface area contributed by atoms with E-state index >= 15 is 0 Å². The molecule has 0 fully saturated rings. The van der Waals surface area contributed by atoms with Gasteiger partial charge in [-0.25, -0.2) is 8.42 Å². The number of fused-ring (bicyclic) bond motifs is 1. The molecule has 1 amide bonds. The maximum absolute atomic E-state index is 12.8. The van der Waals surface area contributed by atoms with Gasteiger partial charge in [0.2, 0.25) is 10.0 Å². The third kappa shape index (κ3) is 5.36. The van der Waals surface area contributed by atoms with Gasteiger partial charge in [0, 0.05) is 30.9 Å². The summed E-state index contributed by atoms with van der Waals surface area (Å²) in [5, 5.41) is 0. The lowest BCUT2D eigenvalue weighted by atomic mass is 9.96. The number of sulfonamides is 1. The second kappa shape index (κ2) is 8.55. The summed E-state index contributed by atoms with van der Waals surface area (Å²) >= 11 is 0. The standard InChI is InChI=1S/C22H28N2O4S/c1-15(2)28-10-6-9-24-14-19-12-18(11-16(3)21(19)22(24)25)17-7-5-8-20(13-17)23-29(4,26)27/h5,7-8,11-13,15,23H,6,9-10,14H2,1-4H3. The first-order chi connectivity index (χ1) is 13.6. The maximum atomic E-state index is 12.8. The molecule has 0 unspecified atom stereocenters. The van der Waals surface area contributed by atoms with Crippen molar-refractivity contribution in [2.24, 2.45) is 0 Å². The number of hydrogen-bond donors (Lipinski definition) is 1. The molecule has 3 rings (SSSR count). The molecular weight excluding hydrogens is 388 g/mol. The van der Waals surface area contributed by atoms with Crippen LogP contribution in [0.5, 0.6) is 0 Å². The number of rotatable bonds is 8. The van der Waals surface area contributed by atoms with Crippen LogP contribution in [0, 0.1) is 6.92 Å². The van der Waals surface area contributed by atoms with Crippen LogP contribution < -0.4 is 4.72 Å². The zero-order valence-electron chi connectivity index (χ0n) is 17.4. The molecule has 1 aliphatic heterocycles. The zero-order valence-corrected chi connectivity index (χ0v) is 18.2. The van der Waals surface area contributed by atoms with Crippen molar-refractivity contribution in [1.82, 2.24) is 4.90 Å². The highest BCUT2D eigenvalue weighted by Crippen LogP contribution is 2.32. The van der Waals surface area contributed by atoms with E-state index in [-0.39, 0.29) is 12.0 Å². The second-order valence-corrected chi connectivity index (χ2v) is 9.53. The number of anilines is 1. The maximum Gasteiger partial charge on any atom is 0.254 e. The van der Waals surface area contributed by atoms with Gasteiger partial charge in [0.1, 0.15) is 0 Å². The zero-order chi connectivity index (χ0) is 21.2. The third-order valence-electron chi connectivity index (χ3n) is 4.80. The topological polar surface area (TPSA) is 75.7 Å². The molecule has 0 saturated heterocycles. The van der Waals surface area contributed by atoms with Crippen LogP contribution >= 0.6 is 0 Å². The van der Waals surface area contributed by atoms with Crippen molar-refractivity contribution in [1.29, 1.82) is 0 Å². The van der Waals surface area contributed by atoms with Gasteiger partial charge in [-0.1, -0.05) is 18.2 Å². The number of nitrogens with zero attached hydrogens (tertiary/aromatic N) is 1. The Balaban J connectivity index is 1.80. The SMILES string of the molecule is Cc1cc(-c2cccc(NS(C)(=O)=O)c2)cc2c1C(=O)N(CCCOC(C)C)C2. The summed E-state index contributed by atoms with van der Waals surface area (Å²) in [6, 6.07) is 11.3. The molecular formula is C22H28N2O4S. The average molecular weight is 417 g/mol. The highest BCUT2D eigenvalue weighted by molar-refractivity contribution is 7.92. The van der Waals surface area contributed by atoms with E-state index in [1.807, 2.05) is 49.9 Å². The smallest absolute Gasteiger partial charge is 0.254 e. The van der Waals surface area contributed by atoms with Gasteiger partial charge in [-0.3, -0.25) is 9.52 Å². The van der Waals surface area contributed by atoms with Crippen molar-refractivity contribution < 1.29 is 17.9 Å². The summed E-state index contributed by atoms with van der Waals surface area (Å²) in [7, 11) is -3.34. The normalized spacial score (nSPS) is 13.8. The third-order valence-corrected chi connectivity index (χ3v) is 5.41. The van der Waals surface area contributed by atoms with Crippen LogP contribution in [0.2, 0.25) is 0 Å². The van der Waals surface area contributed by atoms with Crippen molar-refractivity contribution in [2.75, 3.05) is 24.1 Å². The van der Waals surface area contributed by atoms with E-state index in [0.29, 0.717) is 25.4 Å². The minimum absolute atomic E-state index is 0.0705. The van der Waals surface area contributed by atoms with Crippen molar-refractivity contribution in [3.63, 3.8) is 0 Å². The van der Waals surface area contributed by atoms with Crippen LogP contribution in [0.3, 0.4) is 0 Å². The molecule has 0 spiro atoms. The van der Waals surface area contributed by atoms with Crippen LogP contribution in [0.4, 0.5) is 5.69 Å². The fourth-order valence-corrected chi connectivity index (χ4v) is 4.18. The molecule has 0 bridgehead atoms. The summed E-state index contributed by atoms with van der Waals surface area (Å²) in [5.41, 5.74) is 5.12. The van der Waals surface area contributed by atoms with Crippen molar-refractivity contribution in [3.05, 3.63) is 53.1 Å². The Kier molecular flexibility index (Phi) is 6.29. The first-order valence-corrected chi connectivity index (χ1v) is 11.7. The Morgan fingerprint density at radius 1 is 1.17 bits per heavy atom. The van der Waals surface area contributed by atoms with Crippen molar-refractivity contribution in [3.8, 4) is 11.1 Å². The number of hydrogen-bond acceptors (Lipinski definition) is 4. The van der Waals surface area contributed by atoms with Crippen LogP contribution in [-0.2, 0) is 21.3 Å².